The Balaban J connectivity index is 2.60. The maximum absolute atomic E-state index is 12.1. The van der Waals surface area contributed by atoms with Gasteiger partial charge in [-0.1, -0.05) is 25.1 Å². The maximum atomic E-state index is 12.1. The van der Waals surface area contributed by atoms with Crippen LogP contribution < -0.4 is 5.32 Å². The molecule has 1 rings (SSSR count). The molecule has 0 aliphatic carbocycles. The Labute approximate surface area is 126 Å². The van der Waals surface area contributed by atoms with Gasteiger partial charge in [0.15, 0.2) is 0 Å². The van der Waals surface area contributed by atoms with Crippen LogP contribution in [-0.4, -0.2) is 55.3 Å². The summed E-state index contributed by atoms with van der Waals surface area (Å²) in [6.45, 7) is 5.20. The first kappa shape index (κ1) is 17.2. The van der Waals surface area contributed by atoms with Crippen LogP contribution in [0.1, 0.15) is 18.9 Å². The molecule has 0 saturated carbocycles. The first-order valence-electron chi connectivity index (χ1n) is 7.22. The SMILES string of the molecule is CCCN(CC(=O)Nc1ccccc1C)CC(=O)N(C)C. The van der Waals surface area contributed by atoms with Gasteiger partial charge in [-0.25, -0.2) is 0 Å². The number of hydrogen-bond donors (Lipinski definition) is 1. The summed E-state index contributed by atoms with van der Waals surface area (Å²) in [7, 11) is 3.44. The van der Waals surface area contributed by atoms with Crippen molar-refractivity contribution in [3.05, 3.63) is 29.8 Å². The summed E-state index contributed by atoms with van der Waals surface area (Å²) >= 11 is 0. The fourth-order valence-electron chi connectivity index (χ4n) is 1.97. The normalized spacial score (nSPS) is 10.5. The summed E-state index contributed by atoms with van der Waals surface area (Å²) in [6, 6.07) is 7.66. The van der Waals surface area contributed by atoms with Gasteiger partial charge in [0, 0.05) is 19.8 Å². The third-order valence-corrected chi connectivity index (χ3v) is 3.18. The molecule has 116 valence electrons. The molecule has 1 aromatic carbocycles. The zero-order chi connectivity index (χ0) is 15.8. The average Bonchev–Trinajstić information content (AvgIpc) is 2.41. The smallest absolute Gasteiger partial charge is 0.238 e. The highest BCUT2D eigenvalue weighted by molar-refractivity contribution is 5.93. The lowest BCUT2D eigenvalue weighted by atomic mass is 10.2. The first-order chi connectivity index (χ1) is 9.93. The lowest BCUT2D eigenvalue weighted by molar-refractivity contribution is -0.130. The van der Waals surface area contributed by atoms with Crippen LogP contribution in [0.4, 0.5) is 5.69 Å². The molecule has 0 aliphatic heterocycles. The van der Waals surface area contributed by atoms with Crippen molar-refractivity contribution >= 4 is 17.5 Å². The number of likely N-dealkylation sites (N-methyl/N-ethyl adjacent to an activating group) is 1. The molecular weight excluding hydrogens is 266 g/mol. The second-order valence-corrected chi connectivity index (χ2v) is 5.36. The van der Waals surface area contributed by atoms with E-state index in [1.807, 2.05) is 43.0 Å². The number of rotatable bonds is 7. The molecule has 0 atom stereocenters. The van der Waals surface area contributed by atoms with Crippen molar-refractivity contribution in [3.8, 4) is 0 Å². The number of amides is 2. The fraction of sp³-hybridized carbons (Fsp3) is 0.500. The number of aryl methyl sites for hydroxylation is 1. The largest absolute Gasteiger partial charge is 0.348 e. The highest BCUT2D eigenvalue weighted by Crippen LogP contribution is 2.12. The number of para-hydroxylation sites is 1. The van der Waals surface area contributed by atoms with E-state index in [0.717, 1.165) is 24.2 Å². The second-order valence-electron chi connectivity index (χ2n) is 5.36. The molecule has 0 fully saturated rings. The van der Waals surface area contributed by atoms with Gasteiger partial charge in [-0.2, -0.15) is 0 Å². The van der Waals surface area contributed by atoms with Crippen LogP contribution in [-0.2, 0) is 9.59 Å². The molecule has 1 N–H and O–H groups in total. The lowest BCUT2D eigenvalue weighted by Crippen LogP contribution is -2.41. The number of anilines is 1. The van der Waals surface area contributed by atoms with E-state index in [9.17, 15) is 9.59 Å². The van der Waals surface area contributed by atoms with Crippen LogP contribution in [0.2, 0.25) is 0 Å². The van der Waals surface area contributed by atoms with E-state index in [1.54, 1.807) is 19.0 Å². The molecule has 0 radical (unpaired) electrons. The molecule has 0 saturated heterocycles. The van der Waals surface area contributed by atoms with E-state index in [-0.39, 0.29) is 24.9 Å². The standard InChI is InChI=1S/C16H25N3O2/c1-5-10-19(12-16(21)18(3)4)11-15(20)17-14-9-7-6-8-13(14)2/h6-9H,5,10-12H2,1-4H3,(H,17,20). The van der Waals surface area contributed by atoms with E-state index in [4.69, 9.17) is 0 Å². The van der Waals surface area contributed by atoms with Crippen molar-refractivity contribution in [3.63, 3.8) is 0 Å². The number of carbonyl (C=O) groups is 2. The minimum Gasteiger partial charge on any atom is -0.348 e. The first-order valence-corrected chi connectivity index (χ1v) is 7.22. The minimum atomic E-state index is -0.0932. The predicted molar refractivity (Wildman–Crippen MR) is 85.2 cm³/mol. The van der Waals surface area contributed by atoms with Gasteiger partial charge in [-0.3, -0.25) is 14.5 Å². The quantitative estimate of drug-likeness (QED) is 0.832. The Bertz CT molecular complexity index is 486. The number of carbonyl (C=O) groups excluding carboxylic acids is 2. The number of nitrogens with one attached hydrogen (secondary N) is 1. The van der Waals surface area contributed by atoms with Crippen LogP contribution in [0.15, 0.2) is 24.3 Å². The molecule has 0 unspecified atom stereocenters. The zero-order valence-corrected chi connectivity index (χ0v) is 13.3. The highest BCUT2D eigenvalue weighted by Gasteiger charge is 2.15. The van der Waals surface area contributed by atoms with E-state index in [2.05, 4.69) is 5.32 Å². The number of benzene rings is 1. The molecule has 0 bridgehead atoms. The number of nitrogens with zero attached hydrogens (tertiary/aromatic N) is 2. The summed E-state index contributed by atoms with van der Waals surface area (Å²) in [6.07, 6.45) is 0.901. The topological polar surface area (TPSA) is 52.7 Å². The molecule has 5 heteroatoms. The van der Waals surface area contributed by atoms with E-state index >= 15 is 0 Å². The Morgan fingerprint density at radius 1 is 1.14 bits per heavy atom. The molecule has 1 aromatic rings. The van der Waals surface area contributed by atoms with Crippen molar-refractivity contribution in [2.45, 2.75) is 20.3 Å². The second kappa shape index (κ2) is 8.42. The van der Waals surface area contributed by atoms with Crippen LogP contribution in [0.3, 0.4) is 0 Å². The van der Waals surface area contributed by atoms with Gasteiger partial charge in [0.2, 0.25) is 11.8 Å². The Kier molecular flexibility index (Phi) is 6.88. The molecule has 2 amide bonds. The van der Waals surface area contributed by atoms with Gasteiger partial charge in [-0.15, -0.1) is 0 Å². The predicted octanol–water partition coefficient (Wildman–Crippen LogP) is 1.73. The molecule has 5 nitrogen and oxygen atoms in total. The monoisotopic (exact) mass is 291 g/mol. The molecule has 0 aliphatic rings. The van der Waals surface area contributed by atoms with Gasteiger partial charge < -0.3 is 10.2 Å². The summed E-state index contributed by atoms with van der Waals surface area (Å²) in [5, 5.41) is 2.90. The van der Waals surface area contributed by atoms with Gasteiger partial charge in [-0.05, 0) is 31.5 Å². The van der Waals surface area contributed by atoms with Crippen molar-refractivity contribution in [2.24, 2.45) is 0 Å². The van der Waals surface area contributed by atoms with E-state index < -0.39 is 0 Å². The summed E-state index contributed by atoms with van der Waals surface area (Å²) in [5.41, 5.74) is 1.84. The maximum Gasteiger partial charge on any atom is 0.238 e. The van der Waals surface area contributed by atoms with Crippen molar-refractivity contribution < 1.29 is 9.59 Å². The lowest BCUT2D eigenvalue weighted by Gasteiger charge is -2.22. The van der Waals surface area contributed by atoms with Crippen molar-refractivity contribution in [1.29, 1.82) is 0 Å². The zero-order valence-electron chi connectivity index (χ0n) is 13.3. The summed E-state index contributed by atoms with van der Waals surface area (Å²) < 4.78 is 0. The van der Waals surface area contributed by atoms with Crippen molar-refractivity contribution in [1.82, 2.24) is 9.80 Å². The van der Waals surface area contributed by atoms with E-state index in [1.165, 1.54) is 0 Å². The van der Waals surface area contributed by atoms with Crippen molar-refractivity contribution in [2.75, 3.05) is 39.0 Å². The molecule has 21 heavy (non-hydrogen) atoms. The summed E-state index contributed by atoms with van der Waals surface area (Å²) in [4.78, 5) is 27.3. The van der Waals surface area contributed by atoms with Gasteiger partial charge in [0.25, 0.3) is 0 Å². The Morgan fingerprint density at radius 2 is 1.81 bits per heavy atom. The van der Waals surface area contributed by atoms with Crippen LogP contribution in [0.5, 0.6) is 0 Å². The Hall–Kier alpha value is -1.88. The molecule has 0 aromatic heterocycles. The van der Waals surface area contributed by atoms with Crippen LogP contribution in [0, 0.1) is 6.92 Å². The van der Waals surface area contributed by atoms with Crippen LogP contribution >= 0.6 is 0 Å². The third-order valence-electron chi connectivity index (χ3n) is 3.18. The molecular formula is C16H25N3O2. The minimum absolute atomic E-state index is 0.00661. The summed E-state index contributed by atoms with van der Waals surface area (Å²) in [5.74, 6) is -0.0866. The van der Waals surface area contributed by atoms with Crippen LogP contribution in [0.25, 0.3) is 0 Å². The number of hydrogen-bond acceptors (Lipinski definition) is 3. The van der Waals surface area contributed by atoms with Gasteiger partial charge in [0.05, 0.1) is 13.1 Å². The van der Waals surface area contributed by atoms with E-state index in [0.29, 0.717) is 0 Å². The average molecular weight is 291 g/mol. The molecule has 0 spiro atoms. The van der Waals surface area contributed by atoms with Gasteiger partial charge in [0.1, 0.15) is 0 Å². The fourth-order valence-corrected chi connectivity index (χ4v) is 1.97. The van der Waals surface area contributed by atoms with Gasteiger partial charge >= 0.3 is 0 Å². The molecule has 0 heterocycles. The Morgan fingerprint density at radius 3 is 2.38 bits per heavy atom. The third kappa shape index (κ3) is 5.95. The highest BCUT2D eigenvalue weighted by atomic mass is 16.2.